The maximum absolute atomic E-state index is 10.3. The van der Waals surface area contributed by atoms with Gasteiger partial charge < -0.3 is 10.2 Å². The van der Waals surface area contributed by atoms with Gasteiger partial charge in [0.25, 0.3) is 0 Å². The van der Waals surface area contributed by atoms with Crippen molar-refractivity contribution in [3.63, 3.8) is 0 Å². The first-order chi connectivity index (χ1) is 9.49. The number of hydrogen-bond donors (Lipinski definition) is 2. The molecule has 1 aromatic heterocycles. The second kappa shape index (κ2) is 8.15. The van der Waals surface area contributed by atoms with Crippen molar-refractivity contribution in [2.24, 2.45) is 5.92 Å². The minimum Gasteiger partial charge on any atom is -0.390 e. The maximum Gasteiger partial charge on any atom is 0.0857 e. The molecule has 2 atom stereocenters. The highest BCUT2D eigenvalue weighted by Crippen LogP contribution is 2.26. The van der Waals surface area contributed by atoms with Crippen LogP contribution in [0.5, 0.6) is 0 Å². The summed E-state index contributed by atoms with van der Waals surface area (Å²) in [6.45, 7) is 8.96. The van der Waals surface area contributed by atoms with Crippen molar-refractivity contribution in [3.05, 3.63) is 15.9 Å². The van der Waals surface area contributed by atoms with E-state index in [1.807, 2.05) is 25.5 Å². The molecule has 0 aliphatic rings. The number of aliphatic hydroxyl groups excluding tert-OH is 2. The molecule has 0 fully saturated rings. The van der Waals surface area contributed by atoms with Gasteiger partial charge in [-0.05, 0) is 35.2 Å². The van der Waals surface area contributed by atoms with E-state index in [4.69, 9.17) is 0 Å². The van der Waals surface area contributed by atoms with Crippen LogP contribution in [0.2, 0.25) is 0 Å². The highest BCUT2D eigenvalue weighted by Gasteiger charge is 2.26. The van der Waals surface area contributed by atoms with Crippen molar-refractivity contribution in [2.75, 3.05) is 0 Å². The number of aliphatic hydroxyl groups is 2. The van der Waals surface area contributed by atoms with Gasteiger partial charge >= 0.3 is 0 Å². The smallest absolute Gasteiger partial charge is 0.0857 e. The van der Waals surface area contributed by atoms with E-state index in [9.17, 15) is 10.2 Å². The van der Waals surface area contributed by atoms with Crippen LogP contribution in [0.1, 0.15) is 51.9 Å². The lowest BCUT2D eigenvalue weighted by molar-refractivity contribution is -0.0197. The predicted molar refractivity (Wildman–Crippen MR) is 84.8 cm³/mol. The van der Waals surface area contributed by atoms with Crippen molar-refractivity contribution in [3.8, 4) is 0 Å². The minimum atomic E-state index is -0.747. The summed E-state index contributed by atoms with van der Waals surface area (Å²) in [5.74, 6) is 0.146. The highest BCUT2D eigenvalue weighted by atomic mass is 79.9. The molecule has 0 aromatic carbocycles. The quantitative estimate of drug-likeness (QED) is 0.760. The molecule has 0 spiro atoms. The van der Waals surface area contributed by atoms with Crippen LogP contribution in [-0.2, 0) is 19.4 Å². The van der Waals surface area contributed by atoms with Crippen molar-refractivity contribution in [1.29, 1.82) is 0 Å². The molecule has 116 valence electrons. The maximum atomic E-state index is 10.3. The van der Waals surface area contributed by atoms with Gasteiger partial charge in [-0.3, -0.25) is 4.68 Å². The average Bonchev–Trinajstić information content (AvgIpc) is 2.76. The molecule has 4 nitrogen and oxygen atoms in total. The first kappa shape index (κ1) is 17.7. The molecule has 0 saturated carbocycles. The molecule has 0 aliphatic carbocycles. The van der Waals surface area contributed by atoms with Crippen molar-refractivity contribution in [2.45, 2.75) is 72.1 Å². The van der Waals surface area contributed by atoms with Crippen LogP contribution in [0, 0.1) is 5.92 Å². The third kappa shape index (κ3) is 3.83. The largest absolute Gasteiger partial charge is 0.390 e. The SMILES string of the molecule is CCc1nn(CC)c(CC(O)C(O)C(CC)CC)c1Br. The van der Waals surface area contributed by atoms with Gasteiger partial charge in [-0.25, -0.2) is 0 Å². The average molecular weight is 347 g/mol. The van der Waals surface area contributed by atoms with Gasteiger partial charge in [-0.2, -0.15) is 5.10 Å². The Balaban J connectivity index is 2.89. The molecule has 0 bridgehead atoms. The Kier molecular flexibility index (Phi) is 7.20. The van der Waals surface area contributed by atoms with Crippen LogP contribution < -0.4 is 0 Å². The van der Waals surface area contributed by atoms with Crippen LogP contribution in [-0.4, -0.2) is 32.2 Å². The van der Waals surface area contributed by atoms with E-state index in [2.05, 4.69) is 28.0 Å². The topological polar surface area (TPSA) is 58.3 Å². The van der Waals surface area contributed by atoms with E-state index in [-0.39, 0.29) is 5.92 Å². The number of rotatable bonds is 8. The van der Waals surface area contributed by atoms with E-state index in [1.54, 1.807) is 0 Å². The summed E-state index contributed by atoms with van der Waals surface area (Å²) in [6.07, 6.45) is 1.61. The summed E-state index contributed by atoms with van der Waals surface area (Å²) < 4.78 is 2.88. The van der Waals surface area contributed by atoms with Crippen LogP contribution in [0.15, 0.2) is 4.47 Å². The zero-order valence-corrected chi connectivity index (χ0v) is 14.5. The second-order valence-electron chi connectivity index (χ2n) is 5.22. The minimum absolute atomic E-state index is 0.146. The number of aromatic nitrogens is 2. The molecule has 0 saturated heterocycles. The fourth-order valence-electron chi connectivity index (χ4n) is 2.62. The summed E-state index contributed by atoms with van der Waals surface area (Å²) in [5.41, 5.74) is 1.98. The van der Waals surface area contributed by atoms with Gasteiger partial charge in [0.1, 0.15) is 0 Å². The molecule has 1 aromatic rings. The fraction of sp³-hybridized carbons (Fsp3) is 0.800. The molecular formula is C15H27BrN2O2. The van der Waals surface area contributed by atoms with E-state index in [0.717, 1.165) is 41.7 Å². The first-order valence-electron chi connectivity index (χ1n) is 7.60. The monoisotopic (exact) mass is 346 g/mol. The summed E-state index contributed by atoms with van der Waals surface area (Å²) in [6, 6.07) is 0. The summed E-state index contributed by atoms with van der Waals surface area (Å²) in [7, 11) is 0. The molecule has 1 heterocycles. The Hall–Kier alpha value is -0.390. The van der Waals surface area contributed by atoms with Gasteiger partial charge in [0, 0.05) is 13.0 Å². The number of nitrogens with zero attached hydrogens (tertiary/aromatic N) is 2. The van der Waals surface area contributed by atoms with Crippen molar-refractivity contribution >= 4 is 15.9 Å². The Morgan fingerprint density at radius 1 is 1.15 bits per heavy atom. The van der Waals surface area contributed by atoms with Gasteiger partial charge in [0.15, 0.2) is 0 Å². The molecule has 2 unspecified atom stereocenters. The Labute approximate surface area is 130 Å². The first-order valence-corrected chi connectivity index (χ1v) is 8.39. The number of aryl methyl sites for hydroxylation is 2. The van der Waals surface area contributed by atoms with Crippen molar-refractivity contribution < 1.29 is 10.2 Å². The van der Waals surface area contributed by atoms with Crippen LogP contribution in [0.4, 0.5) is 0 Å². The molecule has 0 aliphatic heterocycles. The zero-order valence-electron chi connectivity index (χ0n) is 12.9. The van der Waals surface area contributed by atoms with Gasteiger partial charge in [0.2, 0.25) is 0 Å². The lowest BCUT2D eigenvalue weighted by atomic mass is 9.91. The van der Waals surface area contributed by atoms with E-state index in [0.29, 0.717) is 6.42 Å². The highest BCUT2D eigenvalue weighted by molar-refractivity contribution is 9.10. The van der Waals surface area contributed by atoms with Gasteiger partial charge in [0.05, 0.1) is 28.1 Å². The summed E-state index contributed by atoms with van der Waals surface area (Å²) >= 11 is 3.58. The van der Waals surface area contributed by atoms with Crippen LogP contribution >= 0.6 is 15.9 Å². The van der Waals surface area contributed by atoms with Gasteiger partial charge in [-0.1, -0.05) is 33.6 Å². The standard InChI is InChI=1S/C15H27BrN2O2/c1-5-10(6-2)15(20)13(19)9-12-14(16)11(7-3)17-18(12)8-4/h10,13,15,19-20H,5-9H2,1-4H3. The van der Waals surface area contributed by atoms with Crippen LogP contribution in [0.25, 0.3) is 0 Å². The molecule has 0 radical (unpaired) electrons. The lowest BCUT2D eigenvalue weighted by Gasteiger charge is -2.25. The van der Waals surface area contributed by atoms with E-state index in [1.165, 1.54) is 0 Å². The molecule has 20 heavy (non-hydrogen) atoms. The van der Waals surface area contributed by atoms with E-state index < -0.39 is 12.2 Å². The second-order valence-corrected chi connectivity index (χ2v) is 6.01. The Morgan fingerprint density at radius 3 is 2.20 bits per heavy atom. The van der Waals surface area contributed by atoms with Crippen molar-refractivity contribution in [1.82, 2.24) is 9.78 Å². The van der Waals surface area contributed by atoms with E-state index >= 15 is 0 Å². The number of halogens is 1. The normalized spacial score (nSPS) is 14.8. The van der Waals surface area contributed by atoms with Gasteiger partial charge in [-0.15, -0.1) is 0 Å². The third-order valence-corrected chi connectivity index (χ3v) is 4.94. The summed E-state index contributed by atoms with van der Waals surface area (Å²) in [5, 5.41) is 25.1. The number of hydrogen-bond acceptors (Lipinski definition) is 3. The zero-order chi connectivity index (χ0) is 15.3. The molecule has 1 rings (SSSR count). The lowest BCUT2D eigenvalue weighted by Crippen LogP contribution is -2.35. The fourth-order valence-corrected chi connectivity index (χ4v) is 3.34. The molecule has 5 heteroatoms. The predicted octanol–water partition coefficient (Wildman–Crippen LogP) is 2.93. The Morgan fingerprint density at radius 2 is 1.75 bits per heavy atom. The Bertz CT molecular complexity index is 416. The third-order valence-electron chi connectivity index (χ3n) is 4.02. The van der Waals surface area contributed by atoms with Crippen LogP contribution in [0.3, 0.4) is 0 Å². The molecular weight excluding hydrogens is 320 g/mol. The molecule has 0 amide bonds. The summed E-state index contributed by atoms with van der Waals surface area (Å²) in [4.78, 5) is 0. The molecule has 2 N–H and O–H groups in total.